The number of rotatable bonds is 6. The van der Waals surface area contributed by atoms with Gasteiger partial charge in [-0.1, -0.05) is 0 Å². The standard InChI is InChI=1S/C18H19N3O4/c1-24-17-9-4-13(11-19-17)20-16(22)12-25-15-7-5-14(6-8-15)21-10-2-3-18(21)23/h4-9,11H,2-3,10,12H2,1H3,(H,20,22). The Bertz CT molecular complexity index is 744. The molecule has 0 unspecified atom stereocenters. The van der Waals surface area contributed by atoms with Crippen LogP contribution in [0.25, 0.3) is 0 Å². The first kappa shape index (κ1) is 16.8. The zero-order chi connectivity index (χ0) is 17.6. The molecular weight excluding hydrogens is 322 g/mol. The smallest absolute Gasteiger partial charge is 0.262 e. The van der Waals surface area contributed by atoms with E-state index in [1.807, 2.05) is 12.1 Å². The Morgan fingerprint density at radius 3 is 2.64 bits per heavy atom. The van der Waals surface area contributed by atoms with Gasteiger partial charge < -0.3 is 19.7 Å². The second-order valence-corrected chi connectivity index (χ2v) is 5.57. The van der Waals surface area contributed by atoms with E-state index in [1.54, 1.807) is 29.2 Å². The molecule has 1 aromatic carbocycles. The largest absolute Gasteiger partial charge is 0.484 e. The van der Waals surface area contributed by atoms with Gasteiger partial charge in [0.05, 0.1) is 19.0 Å². The van der Waals surface area contributed by atoms with E-state index in [-0.39, 0.29) is 18.4 Å². The van der Waals surface area contributed by atoms with Gasteiger partial charge in [-0.15, -0.1) is 0 Å². The van der Waals surface area contributed by atoms with Crippen LogP contribution in [0.1, 0.15) is 12.8 Å². The summed E-state index contributed by atoms with van der Waals surface area (Å²) < 4.78 is 10.4. The van der Waals surface area contributed by atoms with Gasteiger partial charge in [0.25, 0.3) is 5.91 Å². The molecule has 1 aliphatic heterocycles. The lowest BCUT2D eigenvalue weighted by molar-refractivity contribution is -0.118. The fourth-order valence-corrected chi connectivity index (χ4v) is 2.56. The molecule has 1 fully saturated rings. The second kappa shape index (κ2) is 7.65. The number of benzene rings is 1. The third kappa shape index (κ3) is 4.26. The van der Waals surface area contributed by atoms with Crippen LogP contribution in [0, 0.1) is 0 Å². The normalized spacial score (nSPS) is 13.6. The summed E-state index contributed by atoms with van der Waals surface area (Å²) in [5.41, 5.74) is 1.42. The Balaban J connectivity index is 1.50. The van der Waals surface area contributed by atoms with Crippen molar-refractivity contribution >= 4 is 23.2 Å². The zero-order valence-electron chi connectivity index (χ0n) is 13.9. The van der Waals surface area contributed by atoms with Crippen LogP contribution in [-0.4, -0.2) is 37.1 Å². The van der Waals surface area contributed by atoms with Crippen molar-refractivity contribution < 1.29 is 19.1 Å². The molecule has 0 spiro atoms. The van der Waals surface area contributed by atoms with E-state index in [0.717, 1.165) is 18.7 Å². The van der Waals surface area contributed by atoms with Gasteiger partial charge in [0.15, 0.2) is 6.61 Å². The van der Waals surface area contributed by atoms with E-state index >= 15 is 0 Å². The average molecular weight is 341 g/mol. The van der Waals surface area contributed by atoms with Crippen molar-refractivity contribution in [2.45, 2.75) is 12.8 Å². The van der Waals surface area contributed by atoms with E-state index in [2.05, 4.69) is 10.3 Å². The van der Waals surface area contributed by atoms with Gasteiger partial charge in [0, 0.05) is 24.7 Å². The number of pyridine rings is 1. The molecule has 1 aliphatic rings. The number of aromatic nitrogens is 1. The van der Waals surface area contributed by atoms with Crippen molar-refractivity contribution in [1.82, 2.24) is 4.98 Å². The molecule has 2 amide bonds. The maximum atomic E-state index is 11.9. The molecule has 2 heterocycles. The Hall–Kier alpha value is -3.09. The molecule has 7 heteroatoms. The third-order valence-corrected chi connectivity index (χ3v) is 3.82. The van der Waals surface area contributed by atoms with E-state index in [0.29, 0.717) is 23.7 Å². The van der Waals surface area contributed by atoms with E-state index in [9.17, 15) is 9.59 Å². The Labute approximate surface area is 145 Å². The van der Waals surface area contributed by atoms with Crippen LogP contribution in [0.15, 0.2) is 42.6 Å². The molecule has 130 valence electrons. The van der Waals surface area contributed by atoms with Crippen molar-refractivity contribution in [2.75, 3.05) is 30.5 Å². The molecular formula is C18H19N3O4. The van der Waals surface area contributed by atoms with Crippen LogP contribution in [0.3, 0.4) is 0 Å². The molecule has 1 aromatic heterocycles. The first-order valence-electron chi connectivity index (χ1n) is 7.99. The number of anilines is 2. The van der Waals surface area contributed by atoms with E-state index in [1.165, 1.54) is 13.3 Å². The van der Waals surface area contributed by atoms with Gasteiger partial charge >= 0.3 is 0 Å². The summed E-state index contributed by atoms with van der Waals surface area (Å²) in [5, 5.41) is 2.69. The highest BCUT2D eigenvalue weighted by atomic mass is 16.5. The quantitative estimate of drug-likeness (QED) is 0.871. The minimum absolute atomic E-state index is 0.117. The van der Waals surface area contributed by atoms with Gasteiger partial charge in [-0.3, -0.25) is 9.59 Å². The van der Waals surface area contributed by atoms with Crippen molar-refractivity contribution in [3.8, 4) is 11.6 Å². The monoisotopic (exact) mass is 341 g/mol. The number of hydrogen-bond acceptors (Lipinski definition) is 5. The van der Waals surface area contributed by atoms with Crippen LogP contribution in [0.2, 0.25) is 0 Å². The second-order valence-electron chi connectivity index (χ2n) is 5.57. The van der Waals surface area contributed by atoms with Gasteiger partial charge in [-0.25, -0.2) is 4.98 Å². The minimum Gasteiger partial charge on any atom is -0.484 e. The maximum absolute atomic E-state index is 11.9. The summed E-state index contributed by atoms with van der Waals surface area (Å²) in [5.74, 6) is 0.899. The number of hydrogen-bond donors (Lipinski definition) is 1. The lowest BCUT2D eigenvalue weighted by atomic mass is 10.3. The predicted molar refractivity (Wildman–Crippen MR) is 92.9 cm³/mol. The molecule has 0 saturated carbocycles. The lowest BCUT2D eigenvalue weighted by Crippen LogP contribution is -2.23. The molecule has 0 bridgehead atoms. The number of amides is 2. The van der Waals surface area contributed by atoms with Crippen LogP contribution in [-0.2, 0) is 9.59 Å². The van der Waals surface area contributed by atoms with Gasteiger partial charge in [-0.05, 0) is 36.8 Å². The Kier molecular flexibility index (Phi) is 5.13. The molecule has 7 nitrogen and oxygen atoms in total. The SMILES string of the molecule is COc1ccc(NC(=O)COc2ccc(N3CCCC3=O)cc2)cn1. The van der Waals surface area contributed by atoms with Crippen molar-refractivity contribution in [1.29, 1.82) is 0 Å². The number of nitrogens with one attached hydrogen (secondary N) is 1. The highest BCUT2D eigenvalue weighted by Crippen LogP contribution is 2.23. The highest BCUT2D eigenvalue weighted by molar-refractivity contribution is 5.95. The molecule has 2 aromatic rings. The summed E-state index contributed by atoms with van der Waals surface area (Å²) in [6.45, 7) is 0.630. The fraction of sp³-hybridized carbons (Fsp3) is 0.278. The molecule has 3 rings (SSSR count). The molecule has 0 atom stereocenters. The molecule has 0 aliphatic carbocycles. The Morgan fingerprint density at radius 1 is 1.24 bits per heavy atom. The Morgan fingerprint density at radius 2 is 2.04 bits per heavy atom. The van der Waals surface area contributed by atoms with Crippen LogP contribution >= 0.6 is 0 Å². The lowest BCUT2D eigenvalue weighted by Gasteiger charge is -2.16. The molecule has 0 radical (unpaired) electrons. The van der Waals surface area contributed by atoms with Crippen molar-refractivity contribution in [3.05, 3.63) is 42.6 Å². The summed E-state index contributed by atoms with van der Waals surface area (Å²) in [6.07, 6.45) is 2.99. The topological polar surface area (TPSA) is 80.8 Å². The maximum Gasteiger partial charge on any atom is 0.262 e. The summed E-state index contributed by atoms with van der Waals surface area (Å²) in [4.78, 5) is 29.4. The average Bonchev–Trinajstić information content (AvgIpc) is 3.07. The summed E-state index contributed by atoms with van der Waals surface area (Å²) >= 11 is 0. The first-order chi connectivity index (χ1) is 12.2. The third-order valence-electron chi connectivity index (χ3n) is 3.82. The highest BCUT2D eigenvalue weighted by Gasteiger charge is 2.21. The van der Waals surface area contributed by atoms with Crippen molar-refractivity contribution in [2.24, 2.45) is 0 Å². The number of carbonyl (C=O) groups is 2. The van der Waals surface area contributed by atoms with E-state index in [4.69, 9.17) is 9.47 Å². The molecule has 1 N–H and O–H groups in total. The van der Waals surface area contributed by atoms with E-state index < -0.39 is 0 Å². The zero-order valence-corrected chi connectivity index (χ0v) is 13.9. The van der Waals surface area contributed by atoms with Gasteiger partial charge in [0.2, 0.25) is 11.8 Å². The number of carbonyl (C=O) groups excluding carboxylic acids is 2. The number of ether oxygens (including phenoxy) is 2. The first-order valence-corrected chi connectivity index (χ1v) is 7.99. The molecule has 1 saturated heterocycles. The van der Waals surface area contributed by atoms with Crippen LogP contribution < -0.4 is 19.7 Å². The van der Waals surface area contributed by atoms with Crippen LogP contribution in [0.4, 0.5) is 11.4 Å². The fourth-order valence-electron chi connectivity index (χ4n) is 2.56. The predicted octanol–water partition coefficient (Wildman–Crippen LogP) is 2.23. The van der Waals surface area contributed by atoms with Gasteiger partial charge in [-0.2, -0.15) is 0 Å². The summed E-state index contributed by atoms with van der Waals surface area (Å²) in [6, 6.07) is 10.5. The van der Waals surface area contributed by atoms with Crippen LogP contribution in [0.5, 0.6) is 11.6 Å². The van der Waals surface area contributed by atoms with Gasteiger partial charge in [0.1, 0.15) is 5.75 Å². The number of methoxy groups -OCH3 is 1. The summed E-state index contributed by atoms with van der Waals surface area (Å²) in [7, 11) is 1.53. The van der Waals surface area contributed by atoms with Crippen molar-refractivity contribution in [3.63, 3.8) is 0 Å². The number of nitrogens with zero attached hydrogens (tertiary/aromatic N) is 2. The minimum atomic E-state index is -0.286. The molecule has 25 heavy (non-hydrogen) atoms.